The molecule has 4 aromatic heterocycles. The number of para-hydroxylation sites is 7. The average molecular weight is 806 g/mol. The molecular weight excluding hydrogens is 775 g/mol. The fraction of sp³-hybridized carbons (Fsp3) is 0. The lowest BCUT2D eigenvalue weighted by Gasteiger charge is -2.28. The summed E-state index contributed by atoms with van der Waals surface area (Å²) in [4.78, 5) is 4.43. The van der Waals surface area contributed by atoms with Crippen molar-refractivity contribution in [2.45, 2.75) is 0 Å². The van der Waals surface area contributed by atoms with Gasteiger partial charge < -0.3 is 23.0 Å². The second-order valence-corrected chi connectivity index (χ2v) is 15.8. The molecule has 4 heterocycles. The normalized spacial score (nSPS) is 11.8. The van der Waals surface area contributed by atoms with Gasteiger partial charge in [0, 0.05) is 54.5 Å². The van der Waals surface area contributed by atoms with Gasteiger partial charge in [-0.05, 0) is 72.8 Å². The number of anilines is 6. The minimum absolute atomic E-state index is 0.556. The molecule has 0 saturated carbocycles. The van der Waals surface area contributed by atoms with Crippen LogP contribution in [-0.4, -0.2) is 4.40 Å². The predicted octanol–water partition coefficient (Wildman–Crippen LogP) is 15.3. The Hall–Kier alpha value is -9.04. The van der Waals surface area contributed by atoms with Gasteiger partial charge in [-0.25, -0.2) is 0 Å². The van der Waals surface area contributed by atoms with E-state index in [1.165, 1.54) is 0 Å². The predicted molar refractivity (Wildman–Crippen MR) is 254 cm³/mol. The van der Waals surface area contributed by atoms with E-state index in [0.29, 0.717) is 11.1 Å². The van der Waals surface area contributed by atoms with E-state index in [1.54, 1.807) is 0 Å². The van der Waals surface area contributed by atoms with Crippen LogP contribution in [-0.2, 0) is 0 Å². The molecule has 7 nitrogen and oxygen atoms in total. The molecule has 0 aliphatic rings. The molecule has 0 bridgehead atoms. The molecule has 0 spiro atoms. The van der Waals surface area contributed by atoms with Gasteiger partial charge in [-0.2, -0.15) is 10.5 Å². The van der Waals surface area contributed by atoms with Gasteiger partial charge in [-0.3, -0.25) is 0 Å². The molecule has 0 unspecified atom stereocenters. The Morgan fingerprint density at radius 1 is 0.365 bits per heavy atom. The molecule has 0 radical (unpaired) electrons. The number of furan rings is 2. The van der Waals surface area contributed by atoms with Gasteiger partial charge in [0.2, 0.25) is 0 Å². The van der Waals surface area contributed by atoms with Crippen LogP contribution in [0.3, 0.4) is 0 Å². The summed E-state index contributed by atoms with van der Waals surface area (Å²) in [5.74, 6) is 0. The Morgan fingerprint density at radius 3 is 1.22 bits per heavy atom. The third-order valence-corrected chi connectivity index (χ3v) is 12.5. The summed E-state index contributed by atoms with van der Waals surface area (Å²) in [5.41, 5.74) is 12.1. The Labute approximate surface area is 359 Å². The molecule has 0 amide bonds. The van der Waals surface area contributed by atoms with E-state index in [4.69, 9.17) is 8.83 Å². The summed E-state index contributed by atoms with van der Waals surface area (Å²) < 4.78 is 16.4. The van der Waals surface area contributed by atoms with E-state index in [2.05, 4.69) is 93.1 Å². The zero-order valence-corrected chi connectivity index (χ0v) is 33.5. The van der Waals surface area contributed by atoms with Crippen LogP contribution in [0.1, 0.15) is 11.1 Å². The molecule has 0 fully saturated rings. The number of benzene rings is 9. The maximum atomic E-state index is 10.6. The van der Waals surface area contributed by atoms with Crippen molar-refractivity contribution >= 4 is 116 Å². The number of nitrogens with zero attached hydrogens (tertiary/aromatic N) is 5. The topological polar surface area (TPSA) is 84.8 Å². The molecule has 292 valence electrons. The first kappa shape index (κ1) is 34.8. The van der Waals surface area contributed by atoms with Gasteiger partial charge >= 0.3 is 0 Å². The first-order valence-electron chi connectivity index (χ1n) is 20.8. The molecule has 7 heteroatoms. The minimum Gasteiger partial charge on any atom is -0.454 e. The van der Waals surface area contributed by atoms with E-state index < -0.39 is 0 Å². The van der Waals surface area contributed by atoms with Crippen molar-refractivity contribution in [3.63, 3.8) is 0 Å². The Kier molecular flexibility index (Phi) is 7.30. The highest BCUT2D eigenvalue weighted by Gasteiger charge is 2.32. The third kappa shape index (κ3) is 4.82. The summed E-state index contributed by atoms with van der Waals surface area (Å²) >= 11 is 0. The Bertz CT molecular complexity index is 3810. The zero-order valence-electron chi connectivity index (χ0n) is 33.5. The van der Waals surface area contributed by atoms with Crippen LogP contribution in [0, 0.1) is 22.7 Å². The first-order chi connectivity index (χ1) is 31.2. The SMILES string of the molecule is N#Cc1ccccc1N(c1ccccc1)c1cc2c3ccccc3oc2c2c1c1cccc3c4c(N(c5ccccc5)c5ccccc5C#N)cc5c6ccccc6oc5c4n2c13. The highest BCUT2D eigenvalue weighted by Crippen LogP contribution is 2.54. The van der Waals surface area contributed by atoms with Gasteiger partial charge in [-0.1, -0.05) is 115 Å². The summed E-state index contributed by atoms with van der Waals surface area (Å²) in [5, 5.41) is 29.0. The van der Waals surface area contributed by atoms with Gasteiger partial charge in [0.1, 0.15) is 34.3 Å². The van der Waals surface area contributed by atoms with Crippen LogP contribution in [0.25, 0.3) is 82.0 Å². The third-order valence-electron chi connectivity index (χ3n) is 12.5. The molecule has 13 aromatic rings. The standard InChI is InChI=1S/C56H31N5O2/c57-32-34-16-7-11-26-44(34)59(36-18-3-1-4-19-36)46-30-42-38-22-9-13-28-48(38)62-55(42)53-50(46)40-24-15-25-41-51-47(60(37-20-5-2-6-21-37)45-27-12-8-17-35(45)33-58)31-43-39-23-10-14-29-49(39)63-56(43)54(51)61(53)52(40)41/h1-31H. The molecule has 9 aromatic carbocycles. The molecule has 63 heavy (non-hydrogen) atoms. The summed E-state index contributed by atoms with van der Waals surface area (Å²) in [6.45, 7) is 0. The van der Waals surface area contributed by atoms with E-state index in [9.17, 15) is 10.5 Å². The molecule has 0 atom stereocenters. The van der Waals surface area contributed by atoms with Gasteiger partial charge in [0.15, 0.2) is 11.2 Å². The van der Waals surface area contributed by atoms with Crippen molar-refractivity contribution in [2.24, 2.45) is 0 Å². The van der Waals surface area contributed by atoms with Crippen molar-refractivity contribution in [1.29, 1.82) is 10.5 Å². The van der Waals surface area contributed by atoms with E-state index >= 15 is 0 Å². The fourth-order valence-electron chi connectivity index (χ4n) is 9.99. The Morgan fingerprint density at radius 2 is 0.762 bits per heavy atom. The molecule has 0 saturated heterocycles. The first-order valence-corrected chi connectivity index (χ1v) is 20.8. The lowest BCUT2D eigenvalue weighted by molar-refractivity contribution is 0.670. The zero-order chi connectivity index (χ0) is 41.8. The molecule has 0 aliphatic carbocycles. The smallest absolute Gasteiger partial charge is 0.160 e. The quantitative estimate of drug-likeness (QED) is 0.166. The highest BCUT2D eigenvalue weighted by molar-refractivity contribution is 6.36. The summed E-state index contributed by atoms with van der Waals surface area (Å²) in [6.07, 6.45) is 0. The van der Waals surface area contributed by atoms with Gasteiger partial charge in [0.05, 0.1) is 39.4 Å². The molecular formula is C56H31N5O2. The van der Waals surface area contributed by atoms with Crippen LogP contribution < -0.4 is 9.80 Å². The van der Waals surface area contributed by atoms with Crippen LogP contribution in [0.2, 0.25) is 0 Å². The van der Waals surface area contributed by atoms with Crippen LogP contribution in [0.4, 0.5) is 34.1 Å². The lowest BCUT2D eigenvalue weighted by Crippen LogP contribution is -2.12. The molecule has 0 aliphatic heterocycles. The van der Waals surface area contributed by atoms with Gasteiger partial charge in [-0.15, -0.1) is 0 Å². The van der Waals surface area contributed by atoms with E-state index in [-0.39, 0.29) is 0 Å². The van der Waals surface area contributed by atoms with Crippen LogP contribution in [0.5, 0.6) is 0 Å². The number of hydrogen-bond acceptors (Lipinski definition) is 6. The average Bonchev–Trinajstić information content (AvgIpc) is 4.10. The summed E-state index contributed by atoms with van der Waals surface area (Å²) in [6, 6.07) is 68.4. The van der Waals surface area contributed by atoms with Crippen LogP contribution in [0.15, 0.2) is 197 Å². The maximum Gasteiger partial charge on any atom is 0.160 e. The number of rotatable bonds is 6. The molecule has 0 N–H and O–H groups in total. The summed E-state index contributed by atoms with van der Waals surface area (Å²) in [7, 11) is 0. The fourth-order valence-corrected chi connectivity index (χ4v) is 9.99. The lowest BCUT2D eigenvalue weighted by atomic mass is 10.00. The second kappa shape index (κ2) is 13.2. The minimum atomic E-state index is 0.556. The van der Waals surface area contributed by atoms with Crippen molar-refractivity contribution in [3.8, 4) is 12.1 Å². The van der Waals surface area contributed by atoms with E-state index in [1.807, 2.05) is 121 Å². The number of hydrogen-bond donors (Lipinski definition) is 0. The van der Waals surface area contributed by atoms with E-state index in [0.717, 1.165) is 116 Å². The Balaban J connectivity index is 1.29. The van der Waals surface area contributed by atoms with Crippen molar-refractivity contribution in [2.75, 3.05) is 9.80 Å². The van der Waals surface area contributed by atoms with Crippen molar-refractivity contribution < 1.29 is 8.83 Å². The second-order valence-electron chi connectivity index (χ2n) is 15.8. The van der Waals surface area contributed by atoms with Gasteiger partial charge in [0.25, 0.3) is 0 Å². The van der Waals surface area contributed by atoms with Crippen molar-refractivity contribution in [1.82, 2.24) is 4.40 Å². The maximum absolute atomic E-state index is 10.6. The monoisotopic (exact) mass is 805 g/mol. The number of fused-ring (bicyclic) bond motifs is 14. The van der Waals surface area contributed by atoms with Crippen LogP contribution >= 0.6 is 0 Å². The number of nitriles is 2. The highest BCUT2D eigenvalue weighted by atomic mass is 16.3. The number of aromatic nitrogens is 1. The largest absolute Gasteiger partial charge is 0.454 e. The molecule has 13 rings (SSSR count). The van der Waals surface area contributed by atoms with Crippen molar-refractivity contribution in [3.05, 3.63) is 199 Å².